The van der Waals surface area contributed by atoms with Crippen LogP contribution in [-0.4, -0.2) is 18.6 Å². The average Bonchev–Trinajstić information content (AvgIpc) is 2.79. The van der Waals surface area contributed by atoms with Crippen molar-refractivity contribution in [3.8, 4) is 0 Å². The molecule has 0 unspecified atom stereocenters. The first kappa shape index (κ1) is 13.4. The van der Waals surface area contributed by atoms with Gasteiger partial charge in [-0.2, -0.15) is 0 Å². The zero-order valence-electron chi connectivity index (χ0n) is 11.8. The summed E-state index contributed by atoms with van der Waals surface area (Å²) in [5.74, 6) is 0. The zero-order valence-corrected chi connectivity index (χ0v) is 13.4. The number of halogens is 1. The molecule has 0 radical (unpaired) electrons. The number of aromatic nitrogens is 1. The van der Waals surface area contributed by atoms with Gasteiger partial charge < -0.3 is 10.2 Å². The van der Waals surface area contributed by atoms with Crippen LogP contribution in [0, 0.1) is 6.92 Å². The van der Waals surface area contributed by atoms with Crippen molar-refractivity contribution in [1.29, 1.82) is 0 Å². The van der Waals surface area contributed by atoms with Crippen LogP contribution in [0.15, 0.2) is 34.9 Å². The smallest absolute Gasteiger partial charge is 0.106 e. The largest absolute Gasteiger partial charge is 0.380 e. The third-order valence-electron chi connectivity index (χ3n) is 3.81. The number of benzene rings is 1. The molecule has 104 valence electrons. The molecule has 0 atom stereocenters. The molecule has 3 nitrogen and oxygen atoms in total. The Hall–Kier alpha value is -1.55. The molecule has 0 bridgehead atoms. The maximum atomic E-state index is 4.40. The highest BCUT2D eigenvalue weighted by molar-refractivity contribution is 9.10. The molecular weight excluding hydrogens is 314 g/mol. The number of pyridine rings is 1. The number of aryl methyl sites for hydroxylation is 1. The van der Waals surface area contributed by atoms with Gasteiger partial charge in [-0.3, -0.25) is 0 Å². The first-order valence-electron chi connectivity index (χ1n) is 6.83. The Labute approximate surface area is 128 Å². The highest BCUT2D eigenvalue weighted by atomic mass is 79.9. The highest BCUT2D eigenvalue weighted by Gasteiger charge is 2.15. The van der Waals surface area contributed by atoms with E-state index in [1.807, 2.05) is 13.0 Å². The van der Waals surface area contributed by atoms with E-state index in [0.29, 0.717) is 0 Å². The van der Waals surface area contributed by atoms with Crippen molar-refractivity contribution in [2.45, 2.75) is 19.9 Å². The summed E-state index contributed by atoms with van der Waals surface area (Å²) < 4.78 is 0.876. The standard InChI is InChI=1S/C16H18BrN3/c1-11-14(4-6-16(17)19-11)18-10-12-3-5-15-13(9-12)7-8-20(15)2/h3-6,9,18H,7-8,10H2,1-2H3. The fraction of sp³-hybridized carbons (Fsp3) is 0.312. The van der Waals surface area contributed by atoms with E-state index in [2.05, 4.69) is 62.4 Å². The quantitative estimate of drug-likeness (QED) is 0.868. The number of fused-ring (bicyclic) bond motifs is 1. The molecule has 1 aliphatic heterocycles. The number of nitrogens with one attached hydrogen (secondary N) is 1. The maximum Gasteiger partial charge on any atom is 0.106 e. The van der Waals surface area contributed by atoms with E-state index in [0.717, 1.165) is 35.5 Å². The molecule has 4 heteroatoms. The zero-order chi connectivity index (χ0) is 14.1. The van der Waals surface area contributed by atoms with Crippen molar-refractivity contribution >= 4 is 27.3 Å². The van der Waals surface area contributed by atoms with Crippen molar-refractivity contribution < 1.29 is 0 Å². The molecule has 2 heterocycles. The van der Waals surface area contributed by atoms with Crippen LogP contribution in [0.4, 0.5) is 11.4 Å². The third-order valence-corrected chi connectivity index (χ3v) is 4.25. The molecule has 20 heavy (non-hydrogen) atoms. The Morgan fingerprint density at radius 2 is 2.15 bits per heavy atom. The van der Waals surface area contributed by atoms with Gasteiger partial charge in [0, 0.05) is 25.8 Å². The first-order chi connectivity index (χ1) is 9.63. The molecule has 0 saturated heterocycles. The van der Waals surface area contributed by atoms with Gasteiger partial charge in [-0.15, -0.1) is 0 Å². The second-order valence-electron chi connectivity index (χ2n) is 5.26. The van der Waals surface area contributed by atoms with Crippen LogP contribution >= 0.6 is 15.9 Å². The summed E-state index contributed by atoms with van der Waals surface area (Å²) in [5, 5.41) is 3.46. The monoisotopic (exact) mass is 331 g/mol. The number of nitrogens with zero attached hydrogens (tertiary/aromatic N) is 2. The van der Waals surface area contributed by atoms with Crippen molar-refractivity contribution in [1.82, 2.24) is 4.98 Å². The molecule has 1 aliphatic rings. The predicted molar refractivity (Wildman–Crippen MR) is 87.4 cm³/mol. The number of hydrogen-bond donors (Lipinski definition) is 1. The van der Waals surface area contributed by atoms with E-state index < -0.39 is 0 Å². The number of likely N-dealkylation sites (N-methyl/N-ethyl adjacent to an activating group) is 1. The van der Waals surface area contributed by atoms with Crippen LogP contribution in [0.5, 0.6) is 0 Å². The Balaban J connectivity index is 1.73. The van der Waals surface area contributed by atoms with Crippen LogP contribution in [-0.2, 0) is 13.0 Å². The molecule has 0 amide bonds. The average molecular weight is 332 g/mol. The van der Waals surface area contributed by atoms with E-state index in [4.69, 9.17) is 0 Å². The van der Waals surface area contributed by atoms with E-state index in [1.54, 1.807) is 0 Å². The van der Waals surface area contributed by atoms with Crippen LogP contribution in [0.1, 0.15) is 16.8 Å². The van der Waals surface area contributed by atoms with E-state index >= 15 is 0 Å². The summed E-state index contributed by atoms with van der Waals surface area (Å²) in [7, 11) is 2.15. The van der Waals surface area contributed by atoms with E-state index in [9.17, 15) is 0 Å². The molecule has 0 fully saturated rings. The molecule has 0 spiro atoms. The molecule has 1 N–H and O–H groups in total. The lowest BCUT2D eigenvalue weighted by atomic mass is 10.1. The van der Waals surface area contributed by atoms with Crippen molar-refractivity contribution in [2.75, 3.05) is 23.8 Å². The summed E-state index contributed by atoms with van der Waals surface area (Å²) in [6.07, 6.45) is 1.15. The van der Waals surface area contributed by atoms with Gasteiger partial charge in [0.2, 0.25) is 0 Å². The fourth-order valence-electron chi connectivity index (χ4n) is 2.64. The molecule has 0 aliphatic carbocycles. The van der Waals surface area contributed by atoms with Crippen LogP contribution in [0.2, 0.25) is 0 Å². The summed E-state index contributed by atoms with van der Waals surface area (Å²) in [5.41, 5.74) is 6.25. The molecule has 1 aromatic carbocycles. The topological polar surface area (TPSA) is 28.2 Å². The Morgan fingerprint density at radius 3 is 2.95 bits per heavy atom. The van der Waals surface area contributed by atoms with Gasteiger partial charge in [-0.1, -0.05) is 12.1 Å². The SMILES string of the molecule is Cc1nc(Br)ccc1NCc1ccc2c(c1)CCN2C. The minimum absolute atomic E-state index is 0.834. The van der Waals surface area contributed by atoms with E-state index in [-0.39, 0.29) is 0 Å². The van der Waals surface area contributed by atoms with Gasteiger partial charge in [-0.05, 0) is 58.6 Å². The molecule has 1 aromatic heterocycles. The van der Waals surface area contributed by atoms with Crippen LogP contribution in [0.25, 0.3) is 0 Å². The first-order valence-corrected chi connectivity index (χ1v) is 7.63. The molecular formula is C16H18BrN3. The van der Waals surface area contributed by atoms with Crippen molar-refractivity contribution in [3.05, 3.63) is 51.8 Å². The Bertz CT molecular complexity index is 640. The Kier molecular flexibility index (Phi) is 3.66. The van der Waals surface area contributed by atoms with Crippen molar-refractivity contribution in [3.63, 3.8) is 0 Å². The predicted octanol–water partition coefficient (Wildman–Crippen LogP) is 3.76. The number of rotatable bonds is 3. The summed E-state index contributed by atoms with van der Waals surface area (Å²) in [6, 6.07) is 10.8. The second-order valence-corrected chi connectivity index (χ2v) is 6.07. The molecule has 2 aromatic rings. The minimum Gasteiger partial charge on any atom is -0.380 e. The van der Waals surface area contributed by atoms with Gasteiger partial charge in [0.15, 0.2) is 0 Å². The van der Waals surface area contributed by atoms with Gasteiger partial charge >= 0.3 is 0 Å². The normalized spacial score (nSPS) is 13.4. The lowest BCUT2D eigenvalue weighted by Gasteiger charge is -2.13. The van der Waals surface area contributed by atoms with E-state index in [1.165, 1.54) is 16.8 Å². The third kappa shape index (κ3) is 2.66. The molecule has 0 saturated carbocycles. The Morgan fingerprint density at radius 1 is 1.30 bits per heavy atom. The van der Waals surface area contributed by atoms with Gasteiger partial charge in [0.1, 0.15) is 4.60 Å². The van der Waals surface area contributed by atoms with Crippen molar-refractivity contribution in [2.24, 2.45) is 0 Å². The van der Waals surface area contributed by atoms with Crippen LogP contribution in [0.3, 0.4) is 0 Å². The van der Waals surface area contributed by atoms with Gasteiger partial charge in [0.05, 0.1) is 11.4 Å². The summed E-state index contributed by atoms with van der Waals surface area (Å²) in [6.45, 7) is 3.98. The summed E-state index contributed by atoms with van der Waals surface area (Å²) >= 11 is 3.39. The fourth-order valence-corrected chi connectivity index (χ4v) is 3.04. The van der Waals surface area contributed by atoms with Gasteiger partial charge in [0.25, 0.3) is 0 Å². The number of anilines is 2. The number of hydrogen-bond acceptors (Lipinski definition) is 3. The lowest BCUT2D eigenvalue weighted by Crippen LogP contribution is -2.12. The minimum atomic E-state index is 0.834. The summed E-state index contributed by atoms with van der Waals surface area (Å²) in [4.78, 5) is 6.72. The maximum absolute atomic E-state index is 4.40. The lowest BCUT2D eigenvalue weighted by molar-refractivity contribution is 0.955. The molecule has 3 rings (SSSR count). The van der Waals surface area contributed by atoms with Gasteiger partial charge in [-0.25, -0.2) is 4.98 Å². The second kappa shape index (κ2) is 5.44. The highest BCUT2D eigenvalue weighted by Crippen LogP contribution is 2.27. The van der Waals surface area contributed by atoms with Crippen LogP contribution < -0.4 is 10.2 Å².